The molecule has 1 saturated heterocycles. The zero-order valence-corrected chi connectivity index (χ0v) is 15.2. The lowest BCUT2D eigenvalue weighted by Gasteiger charge is -2.41. The van der Waals surface area contributed by atoms with Crippen molar-refractivity contribution in [1.82, 2.24) is 4.31 Å². The van der Waals surface area contributed by atoms with Gasteiger partial charge in [-0.2, -0.15) is 4.31 Å². The molecule has 1 N–H and O–H groups in total. The Labute approximate surface area is 144 Å². The van der Waals surface area contributed by atoms with Crippen LogP contribution >= 0.6 is 0 Å². The Bertz CT molecular complexity index is 721. The molecule has 0 spiro atoms. The van der Waals surface area contributed by atoms with Gasteiger partial charge in [-0.05, 0) is 44.7 Å². The number of rotatable bonds is 3. The van der Waals surface area contributed by atoms with E-state index in [9.17, 15) is 13.5 Å². The van der Waals surface area contributed by atoms with E-state index in [4.69, 9.17) is 0 Å². The summed E-state index contributed by atoms with van der Waals surface area (Å²) in [6.45, 7) is 1.96. The number of hydrogen-bond donors (Lipinski definition) is 1. The van der Waals surface area contributed by atoms with Crippen LogP contribution in [-0.4, -0.2) is 35.0 Å². The average Bonchev–Trinajstić information content (AvgIpc) is 3.28. The minimum atomic E-state index is -3.54. The molecule has 3 atom stereocenters. The number of benzene rings is 1. The third kappa shape index (κ3) is 2.21. The monoisotopic (exact) mass is 349 g/mol. The molecule has 0 amide bonds. The molecule has 0 radical (unpaired) electrons. The molecular weight excluding hydrogens is 322 g/mol. The second-order valence-electron chi connectivity index (χ2n) is 7.89. The second kappa shape index (κ2) is 5.55. The Morgan fingerprint density at radius 1 is 1.00 bits per heavy atom. The van der Waals surface area contributed by atoms with E-state index in [1.54, 1.807) is 16.4 Å². The van der Waals surface area contributed by atoms with Crippen LogP contribution in [0.25, 0.3) is 0 Å². The van der Waals surface area contributed by atoms with E-state index in [1.165, 1.54) is 0 Å². The normalized spacial score (nSPS) is 35.2. The maximum absolute atomic E-state index is 13.3. The lowest BCUT2D eigenvalue weighted by atomic mass is 9.69. The molecule has 24 heavy (non-hydrogen) atoms. The van der Waals surface area contributed by atoms with Crippen molar-refractivity contribution in [2.24, 2.45) is 0 Å². The molecule has 0 bridgehead atoms. The fourth-order valence-corrected chi connectivity index (χ4v) is 7.34. The Kier molecular flexibility index (Phi) is 3.83. The molecule has 4 rings (SSSR count). The van der Waals surface area contributed by atoms with E-state index in [0.717, 1.165) is 63.4 Å². The zero-order valence-electron chi connectivity index (χ0n) is 14.4. The SMILES string of the molecule is Cc1ccc(S(=O)(=O)N2C3CCCCC32C2(O)CCCCC2)cc1. The third-order valence-electron chi connectivity index (χ3n) is 6.51. The summed E-state index contributed by atoms with van der Waals surface area (Å²) < 4.78 is 28.2. The van der Waals surface area contributed by atoms with Crippen molar-refractivity contribution in [1.29, 1.82) is 0 Å². The molecule has 1 aliphatic heterocycles. The molecule has 1 aromatic rings. The van der Waals surface area contributed by atoms with E-state index >= 15 is 0 Å². The largest absolute Gasteiger partial charge is 0.388 e. The van der Waals surface area contributed by atoms with Crippen LogP contribution in [0.3, 0.4) is 0 Å². The first-order valence-corrected chi connectivity index (χ1v) is 10.7. The molecular formula is C19H27NO3S. The molecule has 3 aliphatic rings. The van der Waals surface area contributed by atoms with Crippen LogP contribution in [0.5, 0.6) is 0 Å². The van der Waals surface area contributed by atoms with Gasteiger partial charge in [-0.25, -0.2) is 8.42 Å². The van der Waals surface area contributed by atoms with Crippen molar-refractivity contribution in [3.8, 4) is 0 Å². The minimum absolute atomic E-state index is 0.0133. The van der Waals surface area contributed by atoms with E-state index in [2.05, 4.69) is 0 Å². The maximum Gasteiger partial charge on any atom is 0.244 e. The fraction of sp³-hybridized carbons (Fsp3) is 0.684. The van der Waals surface area contributed by atoms with Crippen LogP contribution in [0.4, 0.5) is 0 Å². The summed E-state index contributed by atoms with van der Waals surface area (Å²) in [5.74, 6) is 0. The van der Waals surface area contributed by atoms with Gasteiger partial charge in [0.25, 0.3) is 0 Å². The molecule has 1 aromatic carbocycles. The summed E-state index contributed by atoms with van der Waals surface area (Å²) in [6, 6.07) is 7.09. The van der Waals surface area contributed by atoms with Crippen LogP contribution in [0.2, 0.25) is 0 Å². The maximum atomic E-state index is 13.3. The molecule has 3 fully saturated rings. The molecule has 0 aromatic heterocycles. The predicted octanol–water partition coefficient (Wildman–Crippen LogP) is 3.38. The van der Waals surface area contributed by atoms with Crippen molar-refractivity contribution in [2.45, 2.75) is 86.8 Å². The Hall–Kier alpha value is -0.910. The third-order valence-corrected chi connectivity index (χ3v) is 8.48. The van der Waals surface area contributed by atoms with E-state index < -0.39 is 21.2 Å². The summed E-state index contributed by atoms with van der Waals surface area (Å²) in [6.07, 6.45) is 8.39. The van der Waals surface area contributed by atoms with Crippen molar-refractivity contribution < 1.29 is 13.5 Å². The van der Waals surface area contributed by atoms with E-state index in [1.807, 2.05) is 19.1 Å². The smallest absolute Gasteiger partial charge is 0.244 e. The van der Waals surface area contributed by atoms with E-state index in [0.29, 0.717) is 4.90 Å². The Morgan fingerprint density at radius 2 is 1.62 bits per heavy atom. The molecule has 5 heteroatoms. The number of hydrogen-bond acceptors (Lipinski definition) is 3. The summed E-state index contributed by atoms with van der Waals surface area (Å²) in [5, 5.41) is 11.4. The highest BCUT2D eigenvalue weighted by molar-refractivity contribution is 7.89. The van der Waals surface area contributed by atoms with Gasteiger partial charge in [0.05, 0.1) is 16.0 Å². The highest BCUT2D eigenvalue weighted by atomic mass is 32.2. The average molecular weight is 349 g/mol. The number of aliphatic hydroxyl groups is 1. The van der Waals surface area contributed by atoms with Gasteiger partial charge in [0.1, 0.15) is 0 Å². The zero-order chi connectivity index (χ0) is 17.0. The second-order valence-corrected chi connectivity index (χ2v) is 9.71. The van der Waals surface area contributed by atoms with Gasteiger partial charge in [-0.3, -0.25) is 0 Å². The van der Waals surface area contributed by atoms with Crippen LogP contribution in [0, 0.1) is 6.92 Å². The first kappa shape index (κ1) is 16.6. The summed E-state index contributed by atoms with van der Waals surface area (Å²) in [4.78, 5) is 0.362. The van der Waals surface area contributed by atoms with Crippen LogP contribution in [0.15, 0.2) is 29.2 Å². The van der Waals surface area contributed by atoms with Crippen molar-refractivity contribution in [2.75, 3.05) is 0 Å². The van der Waals surface area contributed by atoms with E-state index in [-0.39, 0.29) is 6.04 Å². The standard InChI is InChI=1S/C19H27NO3S/c1-15-8-10-16(11-9-15)24(22,23)20-17-7-3-6-14-19(17,20)18(21)12-4-2-5-13-18/h8-11,17,21H,2-7,12-14H2,1H3. The lowest BCUT2D eigenvalue weighted by molar-refractivity contribution is -0.0480. The van der Waals surface area contributed by atoms with Crippen molar-refractivity contribution in [3.05, 3.63) is 29.8 Å². The summed E-state index contributed by atoms with van der Waals surface area (Å²) in [5.41, 5.74) is -0.332. The molecule has 132 valence electrons. The number of nitrogens with zero attached hydrogens (tertiary/aromatic N) is 1. The van der Waals surface area contributed by atoms with Gasteiger partial charge in [0, 0.05) is 6.04 Å². The van der Waals surface area contributed by atoms with Crippen LogP contribution in [-0.2, 0) is 10.0 Å². The lowest BCUT2D eigenvalue weighted by Crippen LogP contribution is -2.51. The number of aryl methyl sites for hydroxylation is 1. The minimum Gasteiger partial charge on any atom is -0.388 e. The topological polar surface area (TPSA) is 57.4 Å². The van der Waals surface area contributed by atoms with Gasteiger partial charge in [-0.1, -0.05) is 49.8 Å². The van der Waals surface area contributed by atoms with Gasteiger partial charge >= 0.3 is 0 Å². The fourth-order valence-electron chi connectivity index (χ4n) is 5.25. The highest BCUT2D eigenvalue weighted by Crippen LogP contribution is 2.62. The number of fused-ring (bicyclic) bond motifs is 1. The first-order valence-electron chi connectivity index (χ1n) is 9.25. The Morgan fingerprint density at radius 3 is 2.29 bits per heavy atom. The quantitative estimate of drug-likeness (QED) is 0.851. The molecule has 3 unspecified atom stereocenters. The Balaban J connectivity index is 1.73. The van der Waals surface area contributed by atoms with Gasteiger partial charge in [-0.15, -0.1) is 0 Å². The van der Waals surface area contributed by atoms with Gasteiger partial charge in [0.2, 0.25) is 10.0 Å². The summed E-state index contributed by atoms with van der Waals surface area (Å²) in [7, 11) is -3.54. The van der Waals surface area contributed by atoms with Gasteiger partial charge in [0.15, 0.2) is 0 Å². The summed E-state index contributed by atoms with van der Waals surface area (Å²) >= 11 is 0. The number of sulfonamides is 1. The molecule has 2 saturated carbocycles. The van der Waals surface area contributed by atoms with Crippen molar-refractivity contribution >= 4 is 10.0 Å². The van der Waals surface area contributed by atoms with Gasteiger partial charge < -0.3 is 5.11 Å². The molecule has 1 heterocycles. The van der Waals surface area contributed by atoms with Crippen LogP contribution in [0.1, 0.15) is 63.4 Å². The highest BCUT2D eigenvalue weighted by Gasteiger charge is 2.76. The van der Waals surface area contributed by atoms with Crippen molar-refractivity contribution in [3.63, 3.8) is 0 Å². The predicted molar refractivity (Wildman–Crippen MR) is 93.2 cm³/mol. The van der Waals surface area contributed by atoms with Crippen LogP contribution < -0.4 is 0 Å². The molecule has 4 nitrogen and oxygen atoms in total. The first-order chi connectivity index (χ1) is 11.4. The molecule has 2 aliphatic carbocycles.